The van der Waals surface area contributed by atoms with E-state index in [0.717, 1.165) is 12.2 Å². The lowest BCUT2D eigenvalue weighted by Gasteiger charge is -2.07. The zero-order valence-corrected chi connectivity index (χ0v) is 11.3. The number of hydrogen-bond acceptors (Lipinski definition) is 2. The van der Waals surface area contributed by atoms with Crippen molar-refractivity contribution in [3.63, 3.8) is 0 Å². The summed E-state index contributed by atoms with van der Waals surface area (Å²) >= 11 is 6.83. The van der Waals surface area contributed by atoms with E-state index >= 15 is 0 Å². The lowest BCUT2D eigenvalue weighted by Crippen LogP contribution is -2.15. The molecule has 0 radical (unpaired) electrons. The van der Waals surface area contributed by atoms with Crippen LogP contribution in [0.5, 0.6) is 0 Å². The average Bonchev–Trinajstić information content (AvgIpc) is 2.97. The summed E-state index contributed by atoms with van der Waals surface area (Å²) in [4.78, 5) is 0.444. The summed E-state index contributed by atoms with van der Waals surface area (Å²) in [6.45, 7) is 0.809. The summed E-state index contributed by atoms with van der Waals surface area (Å²) in [6.07, 6.45) is 2.01. The Morgan fingerprint density at radius 2 is 2.06 bits per heavy atom. The molecule has 2 aromatic heterocycles. The van der Waals surface area contributed by atoms with Crippen LogP contribution >= 0.6 is 23.6 Å². The van der Waals surface area contributed by atoms with E-state index in [1.807, 2.05) is 18.3 Å². The number of thiocarbonyl (C=S) groups is 1. The highest BCUT2D eigenvalue weighted by Crippen LogP contribution is 2.26. The number of rotatable bonds is 3. The molecule has 0 aliphatic carbocycles. The molecule has 2 N–H and O–H groups in total. The molecule has 0 saturated heterocycles. The van der Waals surface area contributed by atoms with Crippen LogP contribution in [0.3, 0.4) is 0 Å². The van der Waals surface area contributed by atoms with Gasteiger partial charge in [-0.15, -0.1) is 11.3 Å². The number of aromatic nitrogens is 1. The Bertz CT molecular complexity index is 709. The Labute approximate surface area is 115 Å². The molecule has 3 aromatic rings. The van der Waals surface area contributed by atoms with Crippen LogP contribution in [0.25, 0.3) is 10.1 Å². The molecule has 0 bridgehead atoms. The normalized spacial score (nSPS) is 10.9. The van der Waals surface area contributed by atoms with Gasteiger partial charge in [-0.3, -0.25) is 0 Å². The van der Waals surface area contributed by atoms with Gasteiger partial charge >= 0.3 is 0 Å². The summed E-state index contributed by atoms with van der Waals surface area (Å²) in [5.41, 5.74) is 7.94. The van der Waals surface area contributed by atoms with Gasteiger partial charge in [-0.2, -0.15) is 0 Å². The molecule has 2 nitrogen and oxygen atoms in total. The second-order valence-electron chi connectivity index (χ2n) is 4.14. The molecule has 1 aromatic carbocycles. The van der Waals surface area contributed by atoms with Gasteiger partial charge in [-0.1, -0.05) is 30.4 Å². The first-order chi connectivity index (χ1) is 8.75. The smallest absolute Gasteiger partial charge is 0.120 e. The largest absolute Gasteiger partial charge is 0.388 e. The quantitative estimate of drug-likeness (QED) is 0.741. The van der Waals surface area contributed by atoms with Crippen molar-refractivity contribution < 1.29 is 0 Å². The van der Waals surface area contributed by atoms with E-state index < -0.39 is 0 Å². The van der Waals surface area contributed by atoms with Gasteiger partial charge in [0.05, 0.1) is 5.69 Å². The molecule has 0 atom stereocenters. The second kappa shape index (κ2) is 4.55. The van der Waals surface area contributed by atoms with Crippen molar-refractivity contribution in [2.75, 3.05) is 0 Å². The van der Waals surface area contributed by atoms with E-state index in [1.54, 1.807) is 11.3 Å². The Hall–Kier alpha value is -1.65. The van der Waals surface area contributed by atoms with Gasteiger partial charge in [0.1, 0.15) is 4.99 Å². The Morgan fingerprint density at radius 3 is 2.89 bits per heavy atom. The topological polar surface area (TPSA) is 30.9 Å². The fourth-order valence-corrected chi connectivity index (χ4v) is 3.25. The SMILES string of the molecule is NC(=S)c1cccn1Cc1csc2ccccc12. The highest BCUT2D eigenvalue weighted by atomic mass is 32.1. The number of hydrogen-bond donors (Lipinski definition) is 1. The van der Waals surface area contributed by atoms with Crippen LogP contribution in [0.4, 0.5) is 0 Å². The zero-order valence-electron chi connectivity index (χ0n) is 9.67. The lowest BCUT2D eigenvalue weighted by molar-refractivity contribution is 0.806. The highest BCUT2D eigenvalue weighted by molar-refractivity contribution is 7.80. The molecule has 4 heteroatoms. The van der Waals surface area contributed by atoms with E-state index in [4.69, 9.17) is 18.0 Å². The van der Waals surface area contributed by atoms with Gasteiger partial charge in [0, 0.05) is 17.4 Å². The van der Waals surface area contributed by atoms with Crippen LogP contribution < -0.4 is 5.73 Å². The summed E-state index contributed by atoms with van der Waals surface area (Å²) in [7, 11) is 0. The summed E-state index contributed by atoms with van der Waals surface area (Å²) < 4.78 is 3.41. The van der Waals surface area contributed by atoms with Crippen LogP contribution in [-0.2, 0) is 6.54 Å². The summed E-state index contributed by atoms with van der Waals surface area (Å²) in [6, 6.07) is 12.4. The predicted octanol–water partition coefficient (Wildman–Crippen LogP) is 3.39. The number of nitrogens with zero attached hydrogens (tertiary/aromatic N) is 1. The number of nitrogens with two attached hydrogens (primary N) is 1. The third-order valence-corrected chi connectivity index (χ3v) is 4.21. The van der Waals surface area contributed by atoms with Gasteiger partial charge in [0.15, 0.2) is 0 Å². The fraction of sp³-hybridized carbons (Fsp3) is 0.0714. The van der Waals surface area contributed by atoms with Crippen molar-refractivity contribution >= 4 is 38.6 Å². The maximum absolute atomic E-state index is 5.71. The summed E-state index contributed by atoms with van der Waals surface area (Å²) in [5, 5.41) is 3.51. The standard InChI is InChI=1S/C14H12N2S2/c15-14(17)12-5-3-7-16(12)8-10-9-18-13-6-2-1-4-11(10)13/h1-7,9H,8H2,(H2,15,17). The molecule has 0 aliphatic rings. The van der Waals surface area contributed by atoms with E-state index in [1.165, 1.54) is 15.6 Å². The molecular weight excluding hydrogens is 260 g/mol. The van der Waals surface area contributed by atoms with Crippen LogP contribution in [-0.4, -0.2) is 9.56 Å². The van der Waals surface area contributed by atoms with Crippen molar-refractivity contribution in [2.45, 2.75) is 6.54 Å². The monoisotopic (exact) mass is 272 g/mol. The van der Waals surface area contributed by atoms with Crippen LogP contribution in [0.2, 0.25) is 0 Å². The molecule has 0 unspecified atom stereocenters. The molecule has 0 fully saturated rings. The Morgan fingerprint density at radius 1 is 1.22 bits per heavy atom. The first kappa shape index (κ1) is 11.4. The molecule has 0 saturated carbocycles. The van der Waals surface area contributed by atoms with Crippen molar-refractivity contribution in [2.24, 2.45) is 5.73 Å². The molecule has 0 amide bonds. The van der Waals surface area contributed by atoms with Crippen LogP contribution in [0.15, 0.2) is 48.0 Å². The molecule has 3 rings (SSSR count). The minimum absolute atomic E-state index is 0.444. The number of thiophene rings is 1. The second-order valence-corrected chi connectivity index (χ2v) is 5.49. The Balaban J connectivity index is 2.02. The van der Waals surface area contributed by atoms with Crippen molar-refractivity contribution in [1.29, 1.82) is 0 Å². The Kier molecular flexibility index (Phi) is 2.89. The third-order valence-electron chi connectivity index (χ3n) is 2.98. The number of fused-ring (bicyclic) bond motifs is 1. The first-order valence-corrected chi connectivity index (χ1v) is 6.94. The van der Waals surface area contributed by atoms with Gasteiger partial charge in [-0.25, -0.2) is 0 Å². The van der Waals surface area contributed by atoms with Crippen molar-refractivity contribution in [3.8, 4) is 0 Å². The summed E-state index contributed by atoms with van der Waals surface area (Å²) in [5.74, 6) is 0. The maximum atomic E-state index is 5.71. The molecule has 0 spiro atoms. The van der Waals surface area contributed by atoms with Gasteiger partial charge in [0.2, 0.25) is 0 Å². The highest BCUT2D eigenvalue weighted by Gasteiger charge is 2.07. The van der Waals surface area contributed by atoms with E-state index in [0.29, 0.717) is 4.99 Å². The van der Waals surface area contributed by atoms with E-state index in [9.17, 15) is 0 Å². The minimum atomic E-state index is 0.444. The van der Waals surface area contributed by atoms with Crippen LogP contribution in [0.1, 0.15) is 11.3 Å². The zero-order chi connectivity index (χ0) is 12.5. The molecule has 90 valence electrons. The molecular formula is C14H12N2S2. The fourth-order valence-electron chi connectivity index (χ4n) is 2.11. The van der Waals surface area contributed by atoms with E-state index in [-0.39, 0.29) is 0 Å². The number of benzene rings is 1. The first-order valence-electron chi connectivity index (χ1n) is 5.66. The van der Waals surface area contributed by atoms with Crippen molar-refractivity contribution in [3.05, 3.63) is 59.2 Å². The van der Waals surface area contributed by atoms with Gasteiger partial charge in [0.25, 0.3) is 0 Å². The van der Waals surface area contributed by atoms with Crippen molar-refractivity contribution in [1.82, 2.24) is 4.57 Å². The average molecular weight is 272 g/mol. The molecule has 18 heavy (non-hydrogen) atoms. The van der Waals surface area contributed by atoms with E-state index in [2.05, 4.69) is 34.2 Å². The molecule has 2 heterocycles. The maximum Gasteiger partial charge on any atom is 0.120 e. The van der Waals surface area contributed by atoms with Gasteiger partial charge < -0.3 is 10.3 Å². The third kappa shape index (κ3) is 1.94. The predicted molar refractivity (Wildman–Crippen MR) is 81.2 cm³/mol. The lowest BCUT2D eigenvalue weighted by atomic mass is 10.2. The van der Waals surface area contributed by atoms with Gasteiger partial charge in [-0.05, 0) is 34.5 Å². The molecule has 0 aliphatic heterocycles. The van der Waals surface area contributed by atoms with Crippen LogP contribution in [0, 0.1) is 0 Å². The minimum Gasteiger partial charge on any atom is -0.388 e.